The molecular formula is C18H34O2. The Morgan fingerprint density at radius 1 is 0.850 bits per heavy atom. The molecule has 0 amide bonds. The third-order valence-electron chi connectivity index (χ3n) is 4.94. The second-order valence-electron chi connectivity index (χ2n) is 6.73. The van der Waals surface area contributed by atoms with Crippen LogP contribution in [-0.2, 0) is 4.79 Å². The quantitative estimate of drug-likeness (QED) is 0.486. The second kappa shape index (κ2) is 11.2. The minimum atomic E-state index is -0.647. The molecule has 2 nitrogen and oxygen atoms in total. The van der Waals surface area contributed by atoms with Crippen molar-refractivity contribution in [1.82, 2.24) is 0 Å². The summed E-state index contributed by atoms with van der Waals surface area (Å²) < 4.78 is 0. The first kappa shape index (κ1) is 17.5. The molecule has 1 rings (SSSR count). The smallest absolute Gasteiger partial charge is 0.303 e. The molecule has 20 heavy (non-hydrogen) atoms. The van der Waals surface area contributed by atoms with Crippen LogP contribution in [0.3, 0.4) is 0 Å². The number of hydrogen-bond donors (Lipinski definition) is 1. The first-order chi connectivity index (χ1) is 9.72. The number of carbonyl (C=O) groups is 1. The molecule has 0 atom stereocenters. The van der Waals surface area contributed by atoms with Crippen LogP contribution in [0.25, 0.3) is 0 Å². The molecule has 1 aliphatic rings. The zero-order valence-corrected chi connectivity index (χ0v) is 13.4. The van der Waals surface area contributed by atoms with Crippen LogP contribution in [0.5, 0.6) is 0 Å². The van der Waals surface area contributed by atoms with Gasteiger partial charge in [-0.25, -0.2) is 0 Å². The van der Waals surface area contributed by atoms with Crippen molar-refractivity contribution in [3.8, 4) is 0 Å². The third-order valence-corrected chi connectivity index (χ3v) is 4.94. The fraction of sp³-hybridized carbons (Fsp3) is 0.944. The van der Waals surface area contributed by atoms with Crippen molar-refractivity contribution < 1.29 is 9.90 Å². The molecule has 0 radical (unpaired) electrons. The number of aliphatic carboxylic acids is 1. The number of carboxylic acids is 1. The number of carboxylic acid groups (broad SMARTS) is 1. The van der Waals surface area contributed by atoms with Crippen LogP contribution in [0.4, 0.5) is 0 Å². The van der Waals surface area contributed by atoms with E-state index in [1.807, 2.05) is 0 Å². The summed E-state index contributed by atoms with van der Waals surface area (Å²) in [7, 11) is 0. The van der Waals surface area contributed by atoms with Crippen molar-refractivity contribution in [2.24, 2.45) is 11.8 Å². The molecule has 0 aliphatic heterocycles. The fourth-order valence-electron chi connectivity index (χ4n) is 3.55. The Hall–Kier alpha value is -0.530. The van der Waals surface area contributed by atoms with E-state index in [1.165, 1.54) is 70.6 Å². The number of rotatable bonds is 11. The molecule has 1 fully saturated rings. The third kappa shape index (κ3) is 8.60. The van der Waals surface area contributed by atoms with Gasteiger partial charge in [-0.15, -0.1) is 0 Å². The molecule has 118 valence electrons. The van der Waals surface area contributed by atoms with Gasteiger partial charge in [-0.1, -0.05) is 84.0 Å². The molecular weight excluding hydrogens is 248 g/mol. The van der Waals surface area contributed by atoms with Crippen molar-refractivity contribution in [2.75, 3.05) is 0 Å². The van der Waals surface area contributed by atoms with Crippen molar-refractivity contribution in [1.29, 1.82) is 0 Å². The SMILES string of the molecule is CCCCCC1CCC(CCCCCCC(=O)O)CC1. The van der Waals surface area contributed by atoms with Crippen LogP contribution >= 0.6 is 0 Å². The summed E-state index contributed by atoms with van der Waals surface area (Å²) in [5.74, 6) is 1.34. The van der Waals surface area contributed by atoms with Gasteiger partial charge in [0.2, 0.25) is 0 Å². The van der Waals surface area contributed by atoms with E-state index in [0.717, 1.165) is 24.7 Å². The molecule has 0 heterocycles. The number of hydrogen-bond acceptors (Lipinski definition) is 1. The van der Waals surface area contributed by atoms with Gasteiger partial charge in [0.15, 0.2) is 0 Å². The summed E-state index contributed by atoms with van der Waals surface area (Å²) in [6, 6.07) is 0. The molecule has 0 aromatic carbocycles. The zero-order valence-electron chi connectivity index (χ0n) is 13.4. The van der Waals surface area contributed by atoms with E-state index in [9.17, 15) is 4.79 Å². The normalized spacial score (nSPS) is 22.9. The second-order valence-corrected chi connectivity index (χ2v) is 6.73. The first-order valence-corrected chi connectivity index (χ1v) is 8.94. The largest absolute Gasteiger partial charge is 0.481 e. The monoisotopic (exact) mass is 282 g/mol. The van der Waals surface area contributed by atoms with Crippen LogP contribution in [0, 0.1) is 11.8 Å². The van der Waals surface area contributed by atoms with Gasteiger partial charge in [0.25, 0.3) is 0 Å². The molecule has 0 unspecified atom stereocenters. The van der Waals surface area contributed by atoms with E-state index >= 15 is 0 Å². The molecule has 1 saturated carbocycles. The summed E-state index contributed by atoms with van der Waals surface area (Å²) in [5.41, 5.74) is 0. The maximum atomic E-state index is 10.4. The van der Waals surface area contributed by atoms with Gasteiger partial charge in [-0.2, -0.15) is 0 Å². The van der Waals surface area contributed by atoms with E-state index < -0.39 is 5.97 Å². The van der Waals surface area contributed by atoms with Gasteiger partial charge in [-0.05, 0) is 18.3 Å². The summed E-state index contributed by atoms with van der Waals surface area (Å²) in [6.45, 7) is 2.29. The maximum absolute atomic E-state index is 10.4. The number of unbranched alkanes of at least 4 members (excludes halogenated alkanes) is 5. The molecule has 0 aromatic heterocycles. The van der Waals surface area contributed by atoms with Gasteiger partial charge in [0, 0.05) is 6.42 Å². The van der Waals surface area contributed by atoms with Gasteiger partial charge >= 0.3 is 5.97 Å². The van der Waals surface area contributed by atoms with Crippen molar-refractivity contribution >= 4 is 5.97 Å². The van der Waals surface area contributed by atoms with E-state index in [1.54, 1.807) is 0 Å². The van der Waals surface area contributed by atoms with E-state index in [-0.39, 0.29) is 0 Å². The Kier molecular flexibility index (Phi) is 9.78. The van der Waals surface area contributed by atoms with Crippen molar-refractivity contribution in [2.45, 2.75) is 96.8 Å². The Balaban J connectivity index is 1.93. The highest BCUT2D eigenvalue weighted by Gasteiger charge is 2.20. The van der Waals surface area contributed by atoms with Gasteiger partial charge < -0.3 is 5.11 Å². The standard InChI is InChI=1S/C18H34O2/c1-2-3-6-9-16-12-14-17(15-13-16)10-7-4-5-8-11-18(19)20/h16-17H,2-15H2,1H3,(H,19,20). The lowest BCUT2D eigenvalue weighted by Crippen LogP contribution is -2.14. The Labute approximate surface area is 125 Å². The molecule has 2 heteroatoms. The Bertz CT molecular complexity index is 242. The first-order valence-electron chi connectivity index (χ1n) is 8.94. The predicted octanol–water partition coefficient (Wildman–Crippen LogP) is 5.80. The van der Waals surface area contributed by atoms with Crippen LogP contribution in [-0.4, -0.2) is 11.1 Å². The Morgan fingerprint density at radius 2 is 1.35 bits per heavy atom. The van der Waals surface area contributed by atoms with Crippen LogP contribution in [0.15, 0.2) is 0 Å². The van der Waals surface area contributed by atoms with E-state index in [4.69, 9.17) is 5.11 Å². The van der Waals surface area contributed by atoms with Crippen molar-refractivity contribution in [3.63, 3.8) is 0 Å². The minimum absolute atomic E-state index is 0.350. The predicted molar refractivity (Wildman–Crippen MR) is 84.9 cm³/mol. The highest BCUT2D eigenvalue weighted by molar-refractivity contribution is 5.66. The van der Waals surface area contributed by atoms with Crippen molar-refractivity contribution in [3.05, 3.63) is 0 Å². The van der Waals surface area contributed by atoms with E-state index in [2.05, 4.69) is 6.92 Å². The molecule has 0 bridgehead atoms. The zero-order chi connectivity index (χ0) is 14.6. The molecule has 1 N–H and O–H groups in total. The van der Waals surface area contributed by atoms with E-state index in [0.29, 0.717) is 6.42 Å². The lowest BCUT2D eigenvalue weighted by Gasteiger charge is -2.28. The minimum Gasteiger partial charge on any atom is -0.481 e. The summed E-state index contributed by atoms with van der Waals surface area (Å²) >= 11 is 0. The van der Waals surface area contributed by atoms with Gasteiger partial charge in [0.1, 0.15) is 0 Å². The van der Waals surface area contributed by atoms with Gasteiger partial charge in [0.05, 0.1) is 0 Å². The average Bonchev–Trinajstić information content (AvgIpc) is 2.44. The lowest BCUT2D eigenvalue weighted by molar-refractivity contribution is -0.137. The Morgan fingerprint density at radius 3 is 1.85 bits per heavy atom. The van der Waals surface area contributed by atoms with Gasteiger partial charge in [-0.3, -0.25) is 4.79 Å². The maximum Gasteiger partial charge on any atom is 0.303 e. The molecule has 0 saturated heterocycles. The van der Waals surface area contributed by atoms with Crippen LogP contribution < -0.4 is 0 Å². The van der Waals surface area contributed by atoms with Crippen LogP contribution in [0.1, 0.15) is 96.8 Å². The molecule has 0 aromatic rings. The molecule has 0 spiro atoms. The summed E-state index contributed by atoms with van der Waals surface area (Å²) in [4.78, 5) is 10.4. The highest BCUT2D eigenvalue weighted by Crippen LogP contribution is 2.34. The average molecular weight is 282 g/mol. The summed E-state index contributed by atoms with van der Waals surface area (Å²) in [6.07, 6.45) is 17.7. The highest BCUT2D eigenvalue weighted by atomic mass is 16.4. The van der Waals surface area contributed by atoms with Crippen LogP contribution in [0.2, 0.25) is 0 Å². The summed E-state index contributed by atoms with van der Waals surface area (Å²) in [5, 5.41) is 8.58. The molecule has 1 aliphatic carbocycles. The lowest BCUT2D eigenvalue weighted by atomic mass is 9.78. The topological polar surface area (TPSA) is 37.3 Å². The fourth-order valence-corrected chi connectivity index (χ4v) is 3.55.